The molecule has 4 aromatic rings. The van der Waals surface area contributed by atoms with Gasteiger partial charge in [-0.2, -0.15) is 0 Å². The molecule has 2 fully saturated rings. The predicted molar refractivity (Wildman–Crippen MR) is 194 cm³/mol. The lowest BCUT2D eigenvalue weighted by atomic mass is 9.94. The molecule has 0 aliphatic carbocycles. The van der Waals surface area contributed by atoms with E-state index in [0.29, 0.717) is 31.9 Å². The van der Waals surface area contributed by atoms with E-state index >= 15 is 0 Å². The van der Waals surface area contributed by atoms with E-state index in [1.165, 1.54) is 7.11 Å². The van der Waals surface area contributed by atoms with Gasteiger partial charge in [-0.1, -0.05) is 82.1 Å². The number of carbonyl (C=O) groups excluding carboxylic acids is 3. The molecule has 3 atom stereocenters. The second-order valence-electron chi connectivity index (χ2n) is 14.4. The summed E-state index contributed by atoms with van der Waals surface area (Å²) >= 11 is 0. The van der Waals surface area contributed by atoms with Crippen LogP contribution in [0.1, 0.15) is 89.4 Å². The lowest BCUT2D eigenvalue weighted by Gasteiger charge is -2.30. The van der Waals surface area contributed by atoms with E-state index in [0.717, 1.165) is 78.1 Å². The predicted octanol–water partition coefficient (Wildman–Crippen LogP) is 6.71. The number of methoxy groups -OCH3 is 1. The van der Waals surface area contributed by atoms with Gasteiger partial charge in [0, 0.05) is 25.2 Å². The minimum absolute atomic E-state index is 0.0234. The van der Waals surface area contributed by atoms with E-state index in [-0.39, 0.29) is 17.9 Å². The molecule has 6 rings (SSSR count). The molecule has 0 radical (unpaired) electrons. The van der Waals surface area contributed by atoms with Crippen molar-refractivity contribution in [2.75, 3.05) is 26.9 Å². The highest BCUT2D eigenvalue weighted by molar-refractivity contribution is 5.86. The van der Waals surface area contributed by atoms with Crippen LogP contribution in [0, 0.1) is 5.41 Å². The first-order valence-corrected chi connectivity index (χ1v) is 18.0. The highest BCUT2D eigenvalue weighted by Gasteiger charge is 2.37. The molecule has 2 saturated heterocycles. The van der Waals surface area contributed by atoms with Crippen LogP contribution in [0.15, 0.2) is 60.9 Å². The van der Waals surface area contributed by atoms with Gasteiger partial charge in [0.1, 0.15) is 17.7 Å². The van der Waals surface area contributed by atoms with Crippen molar-refractivity contribution in [3.63, 3.8) is 0 Å². The molecule has 0 spiro atoms. The van der Waals surface area contributed by atoms with Crippen LogP contribution in [-0.4, -0.2) is 75.7 Å². The van der Waals surface area contributed by atoms with Gasteiger partial charge < -0.3 is 35.0 Å². The molecule has 51 heavy (non-hydrogen) atoms. The molecule has 3 amide bonds. The van der Waals surface area contributed by atoms with Crippen molar-refractivity contribution in [1.82, 2.24) is 35.5 Å². The van der Waals surface area contributed by atoms with Crippen LogP contribution in [0.2, 0.25) is 0 Å². The maximum atomic E-state index is 13.3. The second-order valence-corrected chi connectivity index (χ2v) is 14.4. The van der Waals surface area contributed by atoms with E-state index in [1.54, 1.807) is 6.20 Å². The van der Waals surface area contributed by atoms with Crippen molar-refractivity contribution in [2.45, 2.75) is 83.8 Å². The van der Waals surface area contributed by atoms with Gasteiger partial charge in [-0.15, -0.1) is 0 Å². The normalized spacial score (nSPS) is 20.6. The third-order valence-electron chi connectivity index (χ3n) is 9.66. The summed E-state index contributed by atoms with van der Waals surface area (Å²) in [5.74, 6) is 1.34. The first-order valence-electron chi connectivity index (χ1n) is 18.0. The summed E-state index contributed by atoms with van der Waals surface area (Å²) in [4.78, 5) is 56.4. The third kappa shape index (κ3) is 8.68. The number of nitrogens with one attached hydrogen (secondary N) is 4. The fourth-order valence-corrected chi connectivity index (χ4v) is 6.77. The number of benzene rings is 2. The van der Waals surface area contributed by atoms with Gasteiger partial charge in [0.2, 0.25) is 11.8 Å². The number of rotatable bonds is 6. The van der Waals surface area contributed by atoms with Crippen LogP contribution in [0.3, 0.4) is 0 Å². The largest absolute Gasteiger partial charge is 0.453 e. The summed E-state index contributed by atoms with van der Waals surface area (Å²) in [5.41, 5.74) is 5.48. The Bertz CT molecular complexity index is 1790. The standard InChI is InChI=1S/C39H49N7O5/c1-39(2,3)37(48)46-20-8-10-33(46)35-41-24-32(43-35)28-17-13-26(14-18-28)25-11-15-27(16-12-25)31-23-40-34(42-31)29-19-22-51-21-7-5-6-9-30(36(47)44-29)45-38(49)50-4/h11-18,23-24,29-30,33H,5-10,19-22H2,1-4H3,(H,40,42)(H,41,43)(H,44,47)(H,45,49)/t29-,30-,33-/m0/s1. The number of alkyl carbamates (subject to hydrolysis) is 1. The molecule has 2 aromatic heterocycles. The summed E-state index contributed by atoms with van der Waals surface area (Å²) in [5, 5.41) is 5.74. The number of nitrogens with zero attached hydrogens (tertiary/aromatic N) is 3. The Balaban J connectivity index is 1.12. The fraction of sp³-hybridized carbons (Fsp3) is 0.462. The molecule has 270 valence electrons. The van der Waals surface area contributed by atoms with Crippen molar-refractivity contribution in [3.8, 4) is 33.6 Å². The zero-order valence-corrected chi connectivity index (χ0v) is 30.0. The first kappa shape index (κ1) is 35.8. The SMILES string of the molecule is COC(=O)N[C@H]1CCCCCOCC[C@@H](c2ncc(-c3ccc(-c4ccc(-c5cnc([C@@H]6CCCN6C(=O)C(C)(C)C)[nH]5)cc4)cc3)[nH]2)NC1=O. The molecule has 4 heterocycles. The number of ether oxygens (including phenoxy) is 2. The molecule has 0 unspecified atom stereocenters. The summed E-state index contributed by atoms with van der Waals surface area (Å²) in [6.45, 7) is 7.78. The molecule has 12 nitrogen and oxygen atoms in total. The van der Waals surface area contributed by atoms with E-state index in [2.05, 4.69) is 67.0 Å². The number of aromatic amines is 2. The van der Waals surface area contributed by atoms with Gasteiger partial charge in [0.05, 0.1) is 43.0 Å². The van der Waals surface area contributed by atoms with Gasteiger partial charge in [-0.3, -0.25) is 9.59 Å². The van der Waals surface area contributed by atoms with Crippen LogP contribution >= 0.6 is 0 Å². The zero-order valence-electron chi connectivity index (χ0n) is 30.0. The van der Waals surface area contributed by atoms with Crippen molar-refractivity contribution < 1.29 is 23.9 Å². The number of aromatic nitrogens is 4. The zero-order chi connectivity index (χ0) is 36.0. The summed E-state index contributed by atoms with van der Waals surface area (Å²) in [7, 11) is 1.29. The fourth-order valence-electron chi connectivity index (χ4n) is 6.77. The number of imidazole rings is 2. The van der Waals surface area contributed by atoms with E-state index < -0.39 is 23.6 Å². The minimum Gasteiger partial charge on any atom is -0.453 e. The number of amides is 3. The molecular formula is C39H49N7O5. The highest BCUT2D eigenvalue weighted by Crippen LogP contribution is 2.35. The molecule has 2 aromatic carbocycles. The molecule has 2 aliphatic rings. The van der Waals surface area contributed by atoms with Crippen LogP contribution in [-0.2, 0) is 19.1 Å². The smallest absolute Gasteiger partial charge is 0.407 e. The number of carbonyl (C=O) groups is 3. The average molecular weight is 696 g/mol. The Morgan fingerprint density at radius 1 is 0.804 bits per heavy atom. The van der Waals surface area contributed by atoms with E-state index in [9.17, 15) is 14.4 Å². The lowest BCUT2D eigenvalue weighted by molar-refractivity contribution is -0.140. The molecular weight excluding hydrogens is 646 g/mol. The van der Waals surface area contributed by atoms with Crippen LogP contribution in [0.5, 0.6) is 0 Å². The van der Waals surface area contributed by atoms with Gasteiger partial charge in [-0.05, 0) is 54.4 Å². The quantitative estimate of drug-likeness (QED) is 0.175. The molecule has 12 heteroatoms. The Kier molecular flexibility index (Phi) is 11.2. The van der Waals surface area contributed by atoms with E-state index in [4.69, 9.17) is 9.47 Å². The topological polar surface area (TPSA) is 154 Å². The second kappa shape index (κ2) is 15.9. The molecule has 4 N–H and O–H groups in total. The maximum absolute atomic E-state index is 13.3. The monoisotopic (exact) mass is 695 g/mol. The summed E-state index contributed by atoms with van der Waals surface area (Å²) in [6, 6.07) is 15.5. The Labute approximate surface area is 299 Å². The van der Waals surface area contributed by atoms with Crippen LogP contribution in [0.4, 0.5) is 4.79 Å². The van der Waals surface area contributed by atoms with Crippen molar-refractivity contribution in [1.29, 1.82) is 0 Å². The number of likely N-dealkylation sites (tertiary alicyclic amines) is 1. The minimum atomic E-state index is -0.693. The Hall–Kier alpha value is -4.97. The highest BCUT2D eigenvalue weighted by atomic mass is 16.5. The first-order chi connectivity index (χ1) is 24.6. The average Bonchev–Trinajstić information content (AvgIpc) is 3.92. The Morgan fingerprint density at radius 2 is 1.41 bits per heavy atom. The number of H-pyrrole nitrogens is 2. The number of hydrogen-bond acceptors (Lipinski definition) is 7. The third-order valence-corrected chi connectivity index (χ3v) is 9.66. The van der Waals surface area contributed by atoms with Gasteiger partial charge in [-0.25, -0.2) is 14.8 Å². The summed E-state index contributed by atoms with van der Waals surface area (Å²) in [6.07, 6.45) is 8.53. The summed E-state index contributed by atoms with van der Waals surface area (Å²) < 4.78 is 10.6. The van der Waals surface area contributed by atoms with E-state index in [1.807, 2.05) is 44.0 Å². The number of hydrogen-bond donors (Lipinski definition) is 4. The van der Waals surface area contributed by atoms with Gasteiger partial charge in [0.25, 0.3) is 0 Å². The van der Waals surface area contributed by atoms with Crippen molar-refractivity contribution in [2.24, 2.45) is 5.41 Å². The van der Waals surface area contributed by atoms with Crippen molar-refractivity contribution in [3.05, 3.63) is 72.6 Å². The van der Waals surface area contributed by atoms with Crippen molar-refractivity contribution >= 4 is 17.9 Å². The Morgan fingerprint density at radius 3 is 2.04 bits per heavy atom. The molecule has 0 saturated carbocycles. The molecule has 2 aliphatic heterocycles. The van der Waals surface area contributed by atoms with Gasteiger partial charge in [0.15, 0.2) is 0 Å². The maximum Gasteiger partial charge on any atom is 0.407 e. The van der Waals surface area contributed by atoms with Crippen LogP contribution in [0.25, 0.3) is 33.6 Å². The lowest BCUT2D eigenvalue weighted by Crippen LogP contribution is -2.48. The molecule has 0 bridgehead atoms. The van der Waals surface area contributed by atoms with Gasteiger partial charge >= 0.3 is 6.09 Å². The van der Waals surface area contributed by atoms with Crippen LogP contribution < -0.4 is 10.6 Å².